The fraction of sp³-hybridized carbons (Fsp3) is 0.833. The highest BCUT2D eigenvalue weighted by Gasteiger charge is 2.42. The number of allylic oxidation sites excluding steroid dienone is 2. The summed E-state index contributed by atoms with van der Waals surface area (Å²) in [5, 5.41) is 0. The maximum absolute atomic E-state index is 5.68. The minimum atomic E-state index is 0.839. The van der Waals surface area contributed by atoms with E-state index in [4.69, 9.17) is 11.5 Å². The van der Waals surface area contributed by atoms with E-state index in [-0.39, 0.29) is 0 Å². The molecule has 1 saturated carbocycles. The van der Waals surface area contributed by atoms with Gasteiger partial charge in [-0.2, -0.15) is 0 Å². The Kier molecular flexibility index (Phi) is 3.24. The Hall–Kier alpha value is -0.340. The lowest BCUT2D eigenvalue weighted by atomic mass is 9.78. The fourth-order valence-corrected chi connectivity index (χ4v) is 3.43. The van der Waals surface area contributed by atoms with Gasteiger partial charge in [-0.1, -0.05) is 12.2 Å². The van der Waals surface area contributed by atoms with Crippen LogP contribution in [0.2, 0.25) is 0 Å². The second kappa shape index (κ2) is 4.45. The van der Waals surface area contributed by atoms with Crippen LogP contribution < -0.4 is 11.5 Å². The van der Waals surface area contributed by atoms with Crippen molar-refractivity contribution in [3.05, 3.63) is 12.2 Å². The van der Waals surface area contributed by atoms with Crippen LogP contribution in [0.15, 0.2) is 12.2 Å². The summed E-state index contributed by atoms with van der Waals surface area (Å²) < 4.78 is 0. The molecule has 0 aromatic heterocycles. The minimum Gasteiger partial charge on any atom is -0.330 e. The van der Waals surface area contributed by atoms with Crippen LogP contribution in [-0.2, 0) is 0 Å². The lowest BCUT2D eigenvalue weighted by Gasteiger charge is -2.27. The molecule has 2 nitrogen and oxygen atoms in total. The first-order valence-electron chi connectivity index (χ1n) is 5.95. The van der Waals surface area contributed by atoms with E-state index >= 15 is 0 Å². The lowest BCUT2D eigenvalue weighted by Crippen LogP contribution is -2.23. The number of hydrogen-bond donors (Lipinski definition) is 2. The normalized spacial score (nSPS) is 39.6. The van der Waals surface area contributed by atoms with Gasteiger partial charge in [0.25, 0.3) is 0 Å². The largest absolute Gasteiger partial charge is 0.330 e. The van der Waals surface area contributed by atoms with Gasteiger partial charge in [0.2, 0.25) is 0 Å². The molecule has 0 heterocycles. The number of fused-ring (bicyclic) bond motifs is 2. The standard InChI is InChI=1S/C12H22N2/c13-6-1-2-11-9-3-4-10(8-9)12(11)5-7-14/h3-4,9-12H,1-2,5-8,13-14H2. The summed E-state index contributed by atoms with van der Waals surface area (Å²) in [7, 11) is 0. The molecule has 0 spiro atoms. The molecule has 0 amide bonds. The molecule has 4 N–H and O–H groups in total. The number of rotatable bonds is 5. The van der Waals surface area contributed by atoms with Crippen molar-refractivity contribution in [2.75, 3.05) is 13.1 Å². The highest BCUT2D eigenvalue weighted by molar-refractivity contribution is 5.13. The van der Waals surface area contributed by atoms with Crippen molar-refractivity contribution in [3.8, 4) is 0 Å². The Bertz CT molecular complexity index is 212. The van der Waals surface area contributed by atoms with E-state index in [0.717, 1.165) is 36.8 Å². The predicted octanol–water partition coefficient (Wildman–Crippen LogP) is 1.51. The summed E-state index contributed by atoms with van der Waals surface area (Å²) in [4.78, 5) is 0. The van der Waals surface area contributed by atoms with Crippen LogP contribution in [0.1, 0.15) is 25.7 Å². The zero-order valence-corrected chi connectivity index (χ0v) is 8.86. The fourth-order valence-electron chi connectivity index (χ4n) is 3.43. The Morgan fingerprint density at radius 2 is 1.57 bits per heavy atom. The first kappa shape index (κ1) is 10.2. The molecule has 0 saturated heterocycles. The Balaban J connectivity index is 1.95. The van der Waals surface area contributed by atoms with Crippen molar-refractivity contribution in [2.24, 2.45) is 35.1 Å². The van der Waals surface area contributed by atoms with Gasteiger partial charge in [0, 0.05) is 0 Å². The first-order valence-corrected chi connectivity index (χ1v) is 5.95. The third-order valence-electron chi connectivity index (χ3n) is 4.04. The van der Waals surface area contributed by atoms with Crippen molar-refractivity contribution in [1.82, 2.24) is 0 Å². The Morgan fingerprint density at radius 1 is 0.929 bits per heavy atom. The molecule has 2 heteroatoms. The quantitative estimate of drug-likeness (QED) is 0.652. The monoisotopic (exact) mass is 194 g/mol. The SMILES string of the molecule is NCCCC1C2C=CC(C2)C1CCN. The van der Waals surface area contributed by atoms with Gasteiger partial charge in [-0.05, 0) is 62.4 Å². The maximum atomic E-state index is 5.68. The van der Waals surface area contributed by atoms with Gasteiger partial charge in [0.15, 0.2) is 0 Å². The van der Waals surface area contributed by atoms with Crippen LogP contribution in [0.3, 0.4) is 0 Å². The molecule has 80 valence electrons. The van der Waals surface area contributed by atoms with Crippen LogP contribution in [0, 0.1) is 23.7 Å². The highest BCUT2D eigenvalue weighted by atomic mass is 14.6. The zero-order chi connectivity index (χ0) is 9.97. The zero-order valence-electron chi connectivity index (χ0n) is 8.86. The number of hydrogen-bond acceptors (Lipinski definition) is 2. The van der Waals surface area contributed by atoms with Crippen molar-refractivity contribution in [3.63, 3.8) is 0 Å². The molecule has 4 atom stereocenters. The molecule has 14 heavy (non-hydrogen) atoms. The van der Waals surface area contributed by atoms with Gasteiger partial charge < -0.3 is 11.5 Å². The topological polar surface area (TPSA) is 52.0 Å². The molecule has 1 fully saturated rings. The third-order valence-corrected chi connectivity index (χ3v) is 4.04. The van der Waals surface area contributed by atoms with E-state index in [1.165, 1.54) is 25.7 Å². The summed E-state index contributed by atoms with van der Waals surface area (Å²) >= 11 is 0. The summed E-state index contributed by atoms with van der Waals surface area (Å²) in [5.74, 6) is 3.44. The van der Waals surface area contributed by atoms with Crippen molar-refractivity contribution < 1.29 is 0 Å². The average Bonchev–Trinajstić information content (AvgIpc) is 2.76. The summed E-state index contributed by atoms with van der Waals surface area (Å²) in [6.45, 7) is 1.69. The van der Waals surface area contributed by atoms with E-state index in [2.05, 4.69) is 12.2 Å². The second-order valence-corrected chi connectivity index (χ2v) is 4.78. The van der Waals surface area contributed by atoms with Crippen LogP contribution in [-0.4, -0.2) is 13.1 Å². The highest BCUT2D eigenvalue weighted by Crippen LogP contribution is 2.50. The van der Waals surface area contributed by atoms with E-state index in [1.54, 1.807) is 0 Å². The summed E-state index contributed by atoms with van der Waals surface area (Å²) in [5.41, 5.74) is 11.3. The number of nitrogens with two attached hydrogens (primary N) is 2. The van der Waals surface area contributed by atoms with E-state index in [1.807, 2.05) is 0 Å². The first-order chi connectivity index (χ1) is 6.86. The molecule has 0 aromatic carbocycles. The van der Waals surface area contributed by atoms with Crippen LogP contribution in [0.5, 0.6) is 0 Å². The molecule has 2 aliphatic rings. The van der Waals surface area contributed by atoms with Crippen molar-refractivity contribution >= 4 is 0 Å². The van der Waals surface area contributed by atoms with Crippen LogP contribution in [0.4, 0.5) is 0 Å². The Labute approximate surface area is 86.7 Å². The molecule has 2 bridgehead atoms. The molecular formula is C12H22N2. The maximum Gasteiger partial charge on any atom is -0.00743 e. The molecule has 0 aromatic rings. The smallest absolute Gasteiger partial charge is 0.00743 e. The van der Waals surface area contributed by atoms with Gasteiger partial charge in [-0.3, -0.25) is 0 Å². The van der Waals surface area contributed by atoms with Crippen molar-refractivity contribution in [2.45, 2.75) is 25.7 Å². The van der Waals surface area contributed by atoms with Gasteiger partial charge in [0.05, 0.1) is 0 Å². The van der Waals surface area contributed by atoms with E-state index < -0.39 is 0 Å². The Morgan fingerprint density at radius 3 is 2.14 bits per heavy atom. The van der Waals surface area contributed by atoms with Gasteiger partial charge in [-0.15, -0.1) is 0 Å². The van der Waals surface area contributed by atoms with Gasteiger partial charge >= 0.3 is 0 Å². The summed E-state index contributed by atoms with van der Waals surface area (Å²) in [6.07, 6.45) is 9.94. The van der Waals surface area contributed by atoms with Gasteiger partial charge in [-0.25, -0.2) is 0 Å². The second-order valence-electron chi connectivity index (χ2n) is 4.78. The predicted molar refractivity (Wildman–Crippen MR) is 59.7 cm³/mol. The third kappa shape index (κ3) is 1.73. The van der Waals surface area contributed by atoms with Crippen LogP contribution in [0.25, 0.3) is 0 Å². The van der Waals surface area contributed by atoms with Crippen molar-refractivity contribution in [1.29, 1.82) is 0 Å². The minimum absolute atomic E-state index is 0.839. The van der Waals surface area contributed by atoms with E-state index in [9.17, 15) is 0 Å². The lowest BCUT2D eigenvalue weighted by molar-refractivity contribution is 0.274. The van der Waals surface area contributed by atoms with Crippen LogP contribution >= 0.6 is 0 Å². The average molecular weight is 194 g/mol. The molecule has 2 aliphatic carbocycles. The molecule has 4 unspecified atom stereocenters. The molecular weight excluding hydrogens is 172 g/mol. The molecule has 0 aliphatic heterocycles. The molecule has 2 rings (SSSR count). The van der Waals surface area contributed by atoms with E-state index in [0.29, 0.717) is 0 Å². The van der Waals surface area contributed by atoms with Gasteiger partial charge in [0.1, 0.15) is 0 Å². The summed E-state index contributed by atoms with van der Waals surface area (Å²) in [6, 6.07) is 0. The molecule has 0 radical (unpaired) electrons.